The van der Waals surface area contributed by atoms with Gasteiger partial charge in [0.2, 0.25) is 0 Å². The largest absolute Gasteiger partial charge is 0.508 e. The third kappa shape index (κ3) is 2.62. The SMILES string of the molecule is C=C(O)c1c(-c2ccccc2CCS)oc2c1CCCC2. The first-order valence-corrected chi connectivity index (χ1v) is 8.07. The van der Waals surface area contributed by atoms with E-state index >= 15 is 0 Å². The van der Waals surface area contributed by atoms with Gasteiger partial charge in [0, 0.05) is 17.5 Å². The molecule has 0 fully saturated rings. The molecule has 1 aliphatic carbocycles. The Morgan fingerprint density at radius 3 is 2.76 bits per heavy atom. The Bertz CT molecular complexity index is 670. The second-order valence-electron chi connectivity index (χ2n) is 5.49. The van der Waals surface area contributed by atoms with Crippen molar-refractivity contribution >= 4 is 18.4 Å². The molecule has 110 valence electrons. The Morgan fingerprint density at radius 2 is 2.00 bits per heavy atom. The molecule has 3 heteroatoms. The van der Waals surface area contributed by atoms with Gasteiger partial charge in [-0.2, -0.15) is 12.6 Å². The van der Waals surface area contributed by atoms with Gasteiger partial charge in [0.15, 0.2) is 0 Å². The van der Waals surface area contributed by atoms with Gasteiger partial charge < -0.3 is 9.52 Å². The van der Waals surface area contributed by atoms with Crippen molar-refractivity contribution in [2.75, 3.05) is 5.75 Å². The van der Waals surface area contributed by atoms with E-state index < -0.39 is 0 Å². The quantitative estimate of drug-likeness (QED) is 0.626. The first-order valence-electron chi connectivity index (χ1n) is 7.44. The molecule has 0 saturated heterocycles. The van der Waals surface area contributed by atoms with Crippen molar-refractivity contribution in [2.24, 2.45) is 0 Å². The summed E-state index contributed by atoms with van der Waals surface area (Å²) in [7, 11) is 0. The van der Waals surface area contributed by atoms with Crippen LogP contribution in [-0.2, 0) is 19.3 Å². The van der Waals surface area contributed by atoms with Crippen LogP contribution in [0.4, 0.5) is 0 Å². The lowest BCUT2D eigenvalue weighted by molar-refractivity contribution is 0.487. The number of aliphatic hydroxyl groups excluding tert-OH is 1. The molecule has 1 aromatic heterocycles. The summed E-state index contributed by atoms with van der Waals surface area (Å²) in [5.74, 6) is 2.68. The molecule has 3 rings (SSSR count). The molecule has 1 heterocycles. The maximum Gasteiger partial charge on any atom is 0.145 e. The number of hydrogen-bond acceptors (Lipinski definition) is 3. The lowest BCUT2D eigenvalue weighted by atomic mass is 9.92. The molecule has 0 amide bonds. The van der Waals surface area contributed by atoms with Crippen LogP contribution in [0.3, 0.4) is 0 Å². The topological polar surface area (TPSA) is 33.4 Å². The molecule has 0 radical (unpaired) electrons. The zero-order valence-corrected chi connectivity index (χ0v) is 13.0. The van der Waals surface area contributed by atoms with Crippen LogP contribution in [0.5, 0.6) is 0 Å². The Hall–Kier alpha value is -1.61. The highest BCUT2D eigenvalue weighted by Crippen LogP contribution is 2.39. The molecule has 0 saturated carbocycles. The third-order valence-electron chi connectivity index (χ3n) is 4.10. The number of aryl methyl sites for hydroxylation is 2. The van der Waals surface area contributed by atoms with Gasteiger partial charge in [-0.25, -0.2) is 0 Å². The van der Waals surface area contributed by atoms with E-state index in [0.717, 1.165) is 66.1 Å². The fourth-order valence-corrected chi connectivity index (χ4v) is 3.38. The first kappa shape index (κ1) is 14.3. The molecule has 1 aliphatic rings. The smallest absolute Gasteiger partial charge is 0.145 e. The zero-order valence-electron chi connectivity index (χ0n) is 12.1. The first-order chi connectivity index (χ1) is 10.2. The molecule has 0 aliphatic heterocycles. The van der Waals surface area contributed by atoms with E-state index in [-0.39, 0.29) is 5.76 Å². The Kier molecular flexibility index (Phi) is 4.11. The fraction of sp³-hybridized carbons (Fsp3) is 0.333. The summed E-state index contributed by atoms with van der Waals surface area (Å²) >= 11 is 4.33. The molecule has 0 unspecified atom stereocenters. The minimum Gasteiger partial charge on any atom is -0.508 e. The maximum atomic E-state index is 10.1. The molecular formula is C18H20O2S. The predicted molar refractivity (Wildman–Crippen MR) is 90.0 cm³/mol. The summed E-state index contributed by atoms with van der Waals surface area (Å²) < 4.78 is 6.13. The van der Waals surface area contributed by atoms with Crippen LogP contribution in [0.25, 0.3) is 17.1 Å². The highest BCUT2D eigenvalue weighted by molar-refractivity contribution is 7.80. The van der Waals surface area contributed by atoms with Gasteiger partial charge in [0.1, 0.15) is 17.3 Å². The fourth-order valence-electron chi connectivity index (χ4n) is 3.14. The van der Waals surface area contributed by atoms with Gasteiger partial charge in [-0.1, -0.05) is 30.8 Å². The highest BCUT2D eigenvalue weighted by atomic mass is 32.1. The van der Waals surface area contributed by atoms with Gasteiger partial charge in [-0.3, -0.25) is 0 Å². The van der Waals surface area contributed by atoms with Gasteiger partial charge in [-0.15, -0.1) is 0 Å². The van der Waals surface area contributed by atoms with Crippen molar-refractivity contribution in [3.05, 3.63) is 53.3 Å². The molecule has 2 aromatic rings. The van der Waals surface area contributed by atoms with Crippen molar-refractivity contribution in [3.63, 3.8) is 0 Å². The van der Waals surface area contributed by atoms with E-state index in [1.807, 2.05) is 12.1 Å². The Morgan fingerprint density at radius 1 is 1.24 bits per heavy atom. The van der Waals surface area contributed by atoms with E-state index in [9.17, 15) is 5.11 Å². The maximum absolute atomic E-state index is 10.1. The molecular weight excluding hydrogens is 280 g/mol. The lowest BCUT2D eigenvalue weighted by Gasteiger charge is -2.10. The summed E-state index contributed by atoms with van der Waals surface area (Å²) in [6, 6.07) is 8.17. The van der Waals surface area contributed by atoms with Gasteiger partial charge in [-0.05, 0) is 37.0 Å². The van der Waals surface area contributed by atoms with Gasteiger partial charge in [0.05, 0.1) is 5.56 Å². The van der Waals surface area contributed by atoms with E-state index in [0.29, 0.717) is 0 Å². The van der Waals surface area contributed by atoms with Crippen molar-refractivity contribution in [2.45, 2.75) is 32.1 Å². The summed E-state index contributed by atoms with van der Waals surface area (Å²) in [5, 5.41) is 10.1. The van der Waals surface area contributed by atoms with E-state index in [2.05, 4.69) is 31.3 Å². The highest BCUT2D eigenvalue weighted by Gasteiger charge is 2.25. The molecule has 1 N–H and O–H groups in total. The van der Waals surface area contributed by atoms with Crippen LogP contribution >= 0.6 is 12.6 Å². The molecule has 2 nitrogen and oxygen atoms in total. The van der Waals surface area contributed by atoms with Crippen LogP contribution in [0.1, 0.15) is 35.3 Å². The monoisotopic (exact) mass is 300 g/mol. The van der Waals surface area contributed by atoms with Crippen molar-refractivity contribution in [1.29, 1.82) is 0 Å². The summed E-state index contributed by atoms with van der Waals surface area (Å²) in [4.78, 5) is 0. The minimum absolute atomic E-state index is 0.109. The number of furan rings is 1. The third-order valence-corrected chi connectivity index (χ3v) is 4.33. The summed E-state index contributed by atoms with van der Waals surface area (Å²) in [6.45, 7) is 3.75. The lowest BCUT2D eigenvalue weighted by Crippen LogP contribution is -2.01. The zero-order chi connectivity index (χ0) is 14.8. The van der Waals surface area contributed by atoms with Crippen molar-refractivity contribution in [3.8, 4) is 11.3 Å². The normalized spacial score (nSPS) is 14.0. The second kappa shape index (κ2) is 6.02. The van der Waals surface area contributed by atoms with E-state index in [4.69, 9.17) is 4.42 Å². The number of fused-ring (bicyclic) bond motifs is 1. The molecule has 0 atom stereocenters. The Balaban J connectivity index is 2.18. The predicted octanol–water partition coefficient (Wildman–Crippen LogP) is 4.83. The van der Waals surface area contributed by atoms with Crippen LogP contribution in [-0.4, -0.2) is 10.9 Å². The molecule has 0 spiro atoms. The number of benzene rings is 1. The average molecular weight is 300 g/mol. The molecule has 0 bridgehead atoms. The van der Waals surface area contributed by atoms with Crippen LogP contribution < -0.4 is 0 Å². The summed E-state index contributed by atoms with van der Waals surface area (Å²) in [6.07, 6.45) is 5.08. The van der Waals surface area contributed by atoms with Crippen molar-refractivity contribution in [1.82, 2.24) is 0 Å². The van der Waals surface area contributed by atoms with Gasteiger partial charge >= 0.3 is 0 Å². The van der Waals surface area contributed by atoms with E-state index in [1.165, 1.54) is 5.56 Å². The summed E-state index contributed by atoms with van der Waals surface area (Å²) in [5.41, 5.74) is 4.19. The second-order valence-corrected chi connectivity index (χ2v) is 5.94. The van der Waals surface area contributed by atoms with Crippen molar-refractivity contribution < 1.29 is 9.52 Å². The average Bonchev–Trinajstić information content (AvgIpc) is 2.87. The van der Waals surface area contributed by atoms with Crippen LogP contribution in [0.2, 0.25) is 0 Å². The molecule has 1 aromatic carbocycles. The van der Waals surface area contributed by atoms with Gasteiger partial charge in [0.25, 0.3) is 0 Å². The number of hydrogen-bond donors (Lipinski definition) is 2. The number of thiol groups is 1. The van der Waals surface area contributed by atoms with E-state index in [1.54, 1.807) is 0 Å². The van der Waals surface area contributed by atoms with Crippen LogP contribution in [0, 0.1) is 0 Å². The number of rotatable bonds is 4. The minimum atomic E-state index is 0.109. The van der Waals surface area contributed by atoms with Crippen LogP contribution in [0.15, 0.2) is 35.3 Å². The Labute approximate surface area is 130 Å². The molecule has 21 heavy (non-hydrogen) atoms. The standard InChI is InChI=1S/C18H20O2S/c1-12(19)17-15-8-4-5-9-16(15)20-18(17)14-7-3-2-6-13(14)10-11-21/h2-3,6-7,19,21H,1,4-5,8-11H2. The number of aliphatic hydroxyl groups is 1.